The summed E-state index contributed by atoms with van der Waals surface area (Å²) in [4.78, 5) is 35.7. The van der Waals surface area contributed by atoms with Gasteiger partial charge in [0.15, 0.2) is 35.5 Å². The predicted molar refractivity (Wildman–Crippen MR) is 105 cm³/mol. The van der Waals surface area contributed by atoms with Crippen LogP contribution in [0.25, 0.3) is 11.2 Å². The molecule has 0 radical (unpaired) electrons. The van der Waals surface area contributed by atoms with Gasteiger partial charge >= 0.3 is 6.16 Å². The first kappa shape index (κ1) is 22.1. The fraction of sp³-hybridized carbons (Fsp3) is 0.316. The molecule has 11 nitrogen and oxygen atoms in total. The first-order chi connectivity index (χ1) is 14.5. The van der Waals surface area contributed by atoms with Crippen molar-refractivity contribution < 1.29 is 33.7 Å². The molecule has 0 aliphatic carbocycles. The van der Waals surface area contributed by atoms with E-state index in [1.54, 1.807) is 30.3 Å². The van der Waals surface area contributed by atoms with E-state index in [0.29, 0.717) is 5.56 Å². The van der Waals surface area contributed by atoms with Gasteiger partial charge in [-0.3, -0.25) is 9.36 Å². The maximum atomic E-state index is 14.5. The number of carboxylic acid groups (broad SMARTS) is 1. The predicted octanol–water partition coefficient (Wildman–Crippen LogP) is 2.01. The summed E-state index contributed by atoms with van der Waals surface area (Å²) in [5.74, 6) is -0.310. The molecule has 164 valence electrons. The van der Waals surface area contributed by atoms with Crippen LogP contribution in [0.3, 0.4) is 0 Å². The van der Waals surface area contributed by atoms with Crippen LogP contribution in [-0.2, 0) is 9.47 Å². The quantitative estimate of drug-likeness (QED) is 0.514. The van der Waals surface area contributed by atoms with Crippen molar-refractivity contribution in [2.75, 3.05) is 11.9 Å². The Balaban J connectivity index is 0.00000272. The van der Waals surface area contributed by atoms with Crippen molar-refractivity contribution in [2.45, 2.75) is 32.0 Å². The Morgan fingerprint density at radius 3 is 2.65 bits per heavy atom. The lowest BCUT2D eigenvalue weighted by Crippen LogP contribution is -2.33. The van der Waals surface area contributed by atoms with Gasteiger partial charge in [-0.1, -0.05) is 25.6 Å². The van der Waals surface area contributed by atoms with Gasteiger partial charge in [-0.2, -0.15) is 0 Å². The smallest absolute Gasteiger partial charge is 0.450 e. The number of rotatable bonds is 5. The number of ether oxygens (including phenoxy) is 2. The average Bonchev–Trinajstić information content (AvgIpc) is 3.30. The number of benzene rings is 1. The fourth-order valence-corrected chi connectivity index (χ4v) is 3.21. The first-order valence-electron chi connectivity index (χ1n) is 8.83. The second-order valence-corrected chi connectivity index (χ2v) is 6.41. The van der Waals surface area contributed by atoms with Crippen LogP contribution in [0.2, 0.25) is 0 Å². The lowest BCUT2D eigenvalue weighted by atomic mass is 10.1. The molecular weight excluding hydrogens is 413 g/mol. The normalized spacial score (nSPS) is 22.6. The summed E-state index contributed by atoms with van der Waals surface area (Å²) >= 11 is 0. The SMILES string of the molecule is C.O=C(O)O[C@@H]1[C@H](F)[C@@H](CO)O[C@H]1n1cnc2c(NC(=O)c3ccccc3)ncnc21. The lowest BCUT2D eigenvalue weighted by Gasteiger charge is -2.19. The number of anilines is 1. The van der Waals surface area contributed by atoms with Gasteiger partial charge in [0.25, 0.3) is 5.91 Å². The molecule has 2 aromatic heterocycles. The zero-order chi connectivity index (χ0) is 21.3. The number of fused-ring (bicyclic) bond motifs is 1. The maximum absolute atomic E-state index is 14.5. The summed E-state index contributed by atoms with van der Waals surface area (Å²) in [6.07, 6.45) is -5.26. The van der Waals surface area contributed by atoms with Crippen LogP contribution in [0.4, 0.5) is 15.0 Å². The number of hydrogen-bond donors (Lipinski definition) is 3. The molecule has 0 unspecified atom stereocenters. The standard InChI is InChI=1S/C18H16FN5O6.CH4/c19-11-10(6-25)29-17(13(11)30-18(27)28)24-8-22-12-14(20-7-21-15(12)24)23-16(26)9-4-2-1-3-5-9;/h1-5,7-8,10-11,13,17,25H,6H2,(H,27,28)(H,20,21,23,26);1H4/t10-,11-,13-,17-;/m1./s1. The van der Waals surface area contributed by atoms with Crippen molar-refractivity contribution in [3.8, 4) is 0 Å². The molecule has 31 heavy (non-hydrogen) atoms. The third-order valence-electron chi connectivity index (χ3n) is 4.58. The number of halogens is 1. The Bertz CT molecular complexity index is 1080. The molecule has 1 amide bonds. The molecule has 3 aromatic rings. The third-order valence-corrected chi connectivity index (χ3v) is 4.58. The summed E-state index contributed by atoms with van der Waals surface area (Å²) < 4.78 is 25.8. The van der Waals surface area contributed by atoms with Gasteiger partial charge < -0.3 is 25.0 Å². The molecular formula is C19H20FN5O6. The number of alkyl halides is 1. The molecule has 0 spiro atoms. The minimum atomic E-state index is -1.90. The van der Waals surface area contributed by atoms with Gasteiger partial charge in [0.1, 0.15) is 12.4 Å². The van der Waals surface area contributed by atoms with Crippen molar-refractivity contribution in [3.05, 3.63) is 48.5 Å². The van der Waals surface area contributed by atoms with Crippen LogP contribution in [0.5, 0.6) is 0 Å². The van der Waals surface area contributed by atoms with Crippen LogP contribution in [0.1, 0.15) is 24.0 Å². The van der Waals surface area contributed by atoms with E-state index in [1.165, 1.54) is 17.2 Å². The van der Waals surface area contributed by atoms with E-state index >= 15 is 0 Å². The molecule has 4 atom stereocenters. The molecule has 1 aromatic carbocycles. The van der Waals surface area contributed by atoms with Crippen LogP contribution in [0, 0.1) is 0 Å². The van der Waals surface area contributed by atoms with E-state index in [4.69, 9.17) is 9.84 Å². The molecule has 12 heteroatoms. The van der Waals surface area contributed by atoms with Gasteiger partial charge in [0.05, 0.1) is 12.9 Å². The van der Waals surface area contributed by atoms with E-state index in [1.807, 2.05) is 0 Å². The van der Waals surface area contributed by atoms with Crippen LogP contribution in [-0.4, -0.2) is 66.8 Å². The Morgan fingerprint density at radius 2 is 1.97 bits per heavy atom. The second kappa shape index (κ2) is 9.02. The van der Waals surface area contributed by atoms with E-state index < -0.39 is 43.3 Å². The Labute approximate surface area is 175 Å². The molecule has 3 heterocycles. The third kappa shape index (κ3) is 4.15. The van der Waals surface area contributed by atoms with Gasteiger partial charge in [-0.05, 0) is 12.1 Å². The lowest BCUT2D eigenvalue weighted by molar-refractivity contribution is -0.0582. The number of carbonyl (C=O) groups excluding carboxylic acids is 1. The van der Waals surface area contributed by atoms with Gasteiger partial charge in [0.2, 0.25) is 0 Å². The number of aliphatic hydroxyl groups excluding tert-OH is 1. The van der Waals surface area contributed by atoms with Crippen LogP contribution in [0.15, 0.2) is 43.0 Å². The minimum Gasteiger partial charge on any atom is -0.450 e. The summed E-state index contributed by atoms with van der Waals surface area (Å²) in [6.45, 7) is -0.670. The Hall–Kier alpha value is -3.64. The number of amides is 1. The van der Waals surface area contributed by atoms with E-state index in [-0.39, 0.29) is 24.4 Å². The van der Waals surface area contributed by atoms with E-state index in [9.17, 15) is 19.1 Å². The number of imidazole rings is 1. The van der Waals surface area contributed by atoms with Crippen LogP contribution < -0.4 is 5.32 Å². The number of nitrogens with one attached hydrogen (secondary N) is 1. The molecule has 0 saturated carbocycles. The van der Waals surface area contributed by atoms with Crippen molar-refractivity contribution in [1.29, 1.82) is 0 Å². The summed E-state index contributed by atoms with van der Waals surface area (Å²) in [7, 11) is 0. The van der Waals surface area contributed by atoms with Crippen molar-refractivity contribution >= 4 is 29.0 Å². The number of aromatic nitrogens is 4. The fourth-order valence-electron chi connectivity index (χ4n) is 3.21. The van der Waals surface area contributed by atoms with Crippen LogP contribution >= 0.6 is 0 Å². The minimum absolute atomic E-state index is 0. The average molecular weight is 433 g/mol. The van der Waals surface area contributed by atoms with Gasteiger partial charge in [-0.25, -0.2) is 24.1 Å². The molecule has 0 bridgehead atoms. The molecule has 1 aliphatic rings. The largest absolute Gasteiger partial charge is 0.506 e. The Kier molecular flexibility index (Phi) is 6.42. The number of aliphatic hydroxyl groups is 1. The van der Waals surface area contributed by atoms with Crippen molar-refractivity contribution in [2.24, 2.45) is 0 Å². The first-order valence-corrected chi connectivity index (χ1v) is 8.83. The monoisotopic (exact) mass is 433 g/mol. The van der Waals surface area contributed by atoms with Gasteiger partial charge in [-0.15, -0.1) is 0 Å². The van der Waals surface area contributed by atoms with E-state index in [0.717, 1.165) is 0 Å². The highest BCUT2D eigenvalue weighted by molar-refractivity contribution is 6.06. The van der Waals surface area contributed by atoms with Gasteiger partial charge in [0, 0.05) is 5.56 Å². The number of hydrogen-bond acceptors (Lipinski definition) is 8. The Morgan fingerprint density at radius 1 is 1.23 bits per heavy atom. The second-order valence-electron chi connectivity index (χ2n) is 6.41. The summed E-state index contributed by atoms with van der Waals surface area (Å²) in [5.41, 5.74) is 0.745. The molecule has 3 N–H and O–H groups in total. The summed E-state index contributed by atoms with van der Waals surface area (Å²) in [5, 5.41) is 20.9. The highest BCUT2D eigenvalue weighted by Gasteiger charge is 2.49. The highest BCUT2D eigenvalue weighted by Crippen LogP contribution is 2.35. The molecule has 4 rings (SSSR count). The summed E-state index contributed by atoms with van der Waals surface area (Å²) in [6, 6.07) is 8.45. The molecule has 1 aliphatic heterocycles. The molecule has 1 saturated heterocycles. The van der Waals surface area contributed by atoms with Crippen molar-refractivity contribution in [3.63, 3.8) is 0 Å². The highest BCUT2D eigenvalue weighted by atomic mass is 19.1. The maximum Gasteiger partial charge on any atom is 0.506 e. The molecule has 1 fully saturated rings. The van der Waals surface area contributed by atoms with Crippen molar-refractivity contribution in [1.82, 2.24) is 19.5 Å². The zero-order valence-corrected chi connectivity index (χ0v) is 15.3. The zero-order valence-electron chi connectivity index (χ0n) is 15.3. The topological polar surface area (TPSA) is 149 Å². The number of carbonyl (C=O) groups is 2. The van der Waals surface area contributed by atoms with E-state index in [2.05, 4.69) is 25.0 Å². The number of nitrogens with zero attached hydrogens (tertiary/aromatic N) is 4.